The fraction of sp³-hybridized carbons (Fsp3) is 0.455. The van der Waals surface area contributed by atoms with Crippen LogP contribution in [0.2, 0.25) is 10.3 Å². The number of nitrogens with two attached hydrogens (primary N) is 1. The van der Waals surface area contributed by atoms with Crippen molar-refractivity contribution in [1.82, 2.24) is 10.3 Å². The Balaban J connectivity index is 2.97. The zero-order chi connectivity index (χ0) is 13.9. The molecule has 100 valence electrons. The molecule has 0 saturated heterocycles. The third kappa shape index (κ3) is 3.48. The van der Waals surface area contributed by atoms with Crippen LogP contribution < -0.4 is 11.1 Å². The Labute approximate surface area is 115 Å². The van der Waals surface area contributed by atoms with Gasteiger partial charge in [0.2, 0.25) is 0 Å². The standard InChI is InChI=1S/C11H15Cl2N3O2/c1-5(2)7(4-17)15-11(18)6-3-8(12)16-10(13)9(6)14/h3,5,7,17H,4,14H2,1-2H3,(H,15,18)/t7-/m1/s1. The first-order valence-corrected chi connectivity index (χ1v) is 6.15. The molecule has 0 aliphatic carbocycles. The monoisotopic (exact) mass is 291 g/mol. The molecule has 1 rings (SSSR count). The number of rotatable bonds is 4. The van der Waals surface area contributed by atoms with Crippen molar-refractivity contribution in [3.05, 3.63) is 21.9 Å². The predicted octanol–water partition coefficient (Wildman–Crippen LogP) is 1.72. The summed E-state index contributed by atoms with van der Waals surface area (Å²) in [5, 5.41) is 11.9. The van der Waals surface area contributed by atoms with E-state index in [-0.39, 0.29) is 40.1 Å². The summed E-state index contributed by atoms with van der Waals surface area (Å²) in [4.78, 5) is 15.7. The normalized spacial score (nSPS) is 12.6. The zero-order valence-corrected chi connectivity index (χ0v) is 11.6. The maximum absolute atomic E-state index is 12.0. The van der Waals surface area contributed by atoms with Crippen molar-refractivity contribution in [3.8, 4) is 0 Å². The number of pyridine rings is 1. The molecule has 0 fully saturated rings. The molecule has 18 heavy (non-hydrogen) atoms. The highest BCUT2D eigenvalue weighted by Crippen LogP contribution is 2.24. The molecule has 1 aromatic rings. The Kier molecular flexibility index (Phi) is 5.19. The molecule has 5 nitrogen and oxygen atoms in total. The number of nitrogens with zero attached hydrogens (tertiary/aromatic N) is 1. The number of nitrogens with one attached hydrogen (secondary N) is 1. The lowest BCUT2D eigenvalue weighted by Gasteiger charge is -2.20. The van der Waals surface area contributed by atoms with E-state index in [9.17, 15) is 4.79 Å². The number of hydrogen-bond acceptors (Lipinski definition) is 4. The van der Waals surface area contributed by atoms with Crippen molar-refractivity contribution in [2.24, 2.45) is 5.92 Å². The Hall–Kier alpha value is -1.04. The van der Waals surface area contributed by atoms with Crippen LogP contribution in [-0.2, 0) is 0 Å². The van der Waals surface area contributed by atoms with Crippen LogP contribution in [0, 0.1) is 5.92 Å². The second-order valence-electron chi connectivity index (χ2n) is 4.20. The first-order valence-electron chi connectivity index (χ1n) is 5.40. The minimum Gasteiger partial charge on any atom is -0.396 e. The van der Waals surface area contributed by atoms with Gasteiger partial charge in [0.15, 0.2) is 5.15 Å². The van der Waals surface area contributed by atoms with E-state index in [1.165, 1.54) is 6.07 Å². The third-order valence-corrected chi connectivity index (χ3v) is 3.03. The van der Waals surface area contributed by atoms with Crippen LogP contribution in [0.25, 0.3) is 0 Å². The van der Waals surface area contributed by atoms with Gasteiger partial charge in [-0.1, -0.05) is 37.0 Å². The summed E-state index contributed by atoms with van der Waals surface area (Å²) in [6.45, 7) is 3.61. The molecule has 1 amide bonds. The highest BCUT2D eigenvalue weighted by molar-refractivity contribution is 6.35. The Bertz CT molecular complexity index is 452. The number of amides is 1. The van der Waals surface area contributed by atoms with Gasteiger partial charge < -0.3 is 16.2 Å². The number of nitrogen functional groups attached to an aromatic ring is 1. The molecule has 0 unspecified atom stereocenters. The summed E-state index contributed by atoms with van der Waals surface area (Å²) >= 11 is 11.5. The summed E-state index contributed by atoms with van der Waals surface area (Å²) < 4.78 is 0. The SMILES string of the molecule is CC(C)[C@@H](CO)NC(=O)c1cc(Cl)nc(Cl)c1N. The fourth-order valence-corrected chi connectivity index (χ4v) is 1.78. The maximum Gasteiger partial charge on any atom is 0.253 e. The summed E-state index contributed by atoms with van der Waals surface area (Å²) in [7, 11) is 0. The second-order valence-corrected chi connectivity index (χ2v) is 4.95. The van der Waals surface area contributed by atoms with Crippen LogP contribution in [0.1, 0.15) is 24.2 Å². The van der Waals surface area contributed by atoms with Crippen molar-refractivity contribution in [2.75, 3.05) is 12.3 Å². The summed E-state index contributed by atoms with van der Waals surface area (Å²) in [5.41, 5.74) is 5.89. The van der Waals surface area contributed by atoms with Gasteiger partial charge in [0, 0.05) is 0 Å². The number of aliphatic hydroxyl groups is 1. The van der Waals surface area contributed by atoms with Crippen LogP contribution in [0.15, 0.2) is 6.07 Å². The van der Waals surface area contributed by atoms with Crippen molar-refractivity contribution in [1.29, 1.82) is 0 Å². The lowest BCUT2D eigenvalue weighted by Crippen LogP contribution is -2.41. The van der Waals surface area contributed by atoms with E-state index in [0.717, 1.165) is 0 Å². The van der Waals surface area contributed by atoms with Gasteiger partial charge in [0.1, 0.15) is 5.15 Å². The molecule has 0 spiro atoms. The first-order chi connectivity index (χ1) is 8.36. The van der Waals surface area contributed by atoms with Gasteiger partial charge >= 0.3 is 0 Å². The zero-order valence-electron chi connectivity index (χ0n) is 10.1. The van der Waals surface area contributed by atoms with Gasteiger partial charge in [0.05, 0.1) is 23.9 Å². The molecule has 0 saturated carbocycles. The predicted molar refractivity (Wildman–Crippen MR) is 71.8 cm³/mol. The molecule has 1 heterocycles. The Morgan fingerprint density at radius 1 is 1.56 bits per heavy atom. The highest BCUT2D eigenvalue weighted by atomic mass is 35.5. The van der Waals surface area contributed by atoms with Gasteiger partial charge in [0.25, 0.3) is 5.91 Å². The van der Waals surface area contributed by atoms with Gasteiger partial charge in [-0.15, -0.1) is 0 Å². The summed E-state index contributed by atoms with van der Waals surface area (Å²) in [5.74, 6) is -0.348. The van der Waals surface area contributed by atoms with Gasteiger partial charge in [-0.25, -0.2) is 4.98 Å². The molecule has 0 aliphatic rings. The average molecular weight is 292 g/mol. The van der Waals surface area contributed by atoms with Crippen LogP contribution >= 0.6 is 23.2 Å². The van der Waals surface area contributed by atoms with Gasteiger partial charge in [-0.2, -0.15) is 0 Å². The molecule has 1 aromatic heterocycles. The quantitative estimate of drug-likeness (QED) is 0.737. The van der Waals surface area contributed by atoms with Crippen molar-refractivity contribution < 1.29 is 9.90 Å². The third-order valence-electron chi connectivity index (χ3n) is 2.54. The van der Waals surface area contributed by atoms with Crippen LogP contribution in [0.5, 0.6) is 0 Å². The number of halogens is 2. The summed E-state index contributed by atoms with van der Waals surface area (Å²) in [6.07, 6.45) is 0. The average Bonchev–Trinajstić information content (AvgIpc) is 2.29. The number of hydrogen-bond donors (Lipinski definition) is 3. The first kappa shape index (κ1) is 15.0. The van der Waals surface area contributed by atoms with E-state index in [4.69, 9.17) is 34.0 Å². The lowest BCUT2D eigenvalue weighted by molar-refractivity contribution is 0.0897. The smallest absolute Gasteiger partial charge is 0.253 e. The van der Waals surface area contributed by atoms with E-state index in [2.05, 4.69) is 10.3 Å². The van der Waals surface area contributed by atoms with E-state index >= 15 is 0 Å². The number of aliphatic hydroxyl groups excluding tert-OH is 1. The van der Waals surface area contributed by atoms with Crippen molar-refractivity contribution in [2.45, 2.75) is 19.9 Å². The number of anilines is 1. The molecular weight excluding hydrogens is 277 g/mol. The Morgan fingerprint density at radius 3 is 2.67 bits per heavy atom. The van der Waals surface area contributed by atoms with Crippen molar-refractivity contribution in [3.63, 3.8) is 0 Å². The Morgan fingerprint density at radius 2 is 2.17 bits per heavy atom. The molecule has 7 heteroatoms. The fourth-order valence-electron chi connectivity index (χ4n) is 1.35. The molecule has 0 aromatic carbocycles. The number of carbonyl (C=O) groups is 1. The molecule has 4 N–H and O–H groups in total. The van der Waals surface area contributed by atoms with Gasteiger partial charge in [-0.05, 0) is 12.0 Å². The molecular formula is C11H15Cl2N3O2. The molecule has 0 aliphatic heterocycles. The number of carbonyl (C=O) groups excluding carboxylic acids is 1. The van der Waals surface area contributed by atoms with E-state index in [0.29, 0.717) is 0 Å². The minimum atomic E-state index is -0.438. The second kappa shape index (κ2) is 6.22. The number of aromatic nitrogens is 1. The van der Waals surface area contributed by atoms with E-state index in [1.54, 1.807) is 0 Å². The van der Waals surface area contributed by atoms with Crippen LogP contribution in [0.4, 0.5) is 5.69 Å². The molecule has 0 radical (unpaired) electrons. The topological polar surface area (TPSA) is 88.2 Å². The molecule has 1 atom stereocenters. The maximum atomic E-state index is 12.0. The van der Waals surface area contributed by atoms with E-state index in [1.807, 2.05) is 13.8 Å². The largest absolute Gasteiger partial charge is 0.396 e. The van der Waals surface area contributed by atoms with Crippen molar-refractivity contribution >= 4 is 34.8 Å². The van der Waals surface area contributed by atoms with E-state index < -0.39 is 5.91 Å². The van der Waals surface area contributed by atoms with Gasteiger partial charge in [-0.3, -0.25) is 4.79 Å². The van der Waals surface area contributed by atoms with Crippen LogP contribution in [-0.4, -0.2) is 28.6 Å². The molecule has 0 bridgehead atoms. The highest BCUT2D eigenvalue weighted by Gasteiger charge is 2.19. The minimum absolute atomic E-state index is 0.0160. The van der Waals surface area contributed by atoms with Crippen LogP contribution in [0.3, 0.4) is 0 Å². The summed E-state index contributed by atoms with van der Waals surface area (Å²) in [6, 6.07) is 0.981. The lowest BCUT2D eigenvalue weighted by atomic mass is 10.0.